The van der Waals surface area contributed by atoms with Gasteiger partial charge >= 0.3 is 5.97 Å². The summed E-state index contributed by atoms with van der Waals surface area (Å²) in [6.45, 7) is 1.91. The molecule has 2 rings (SSSR count). The lowest BCUT2D eigenvalue weighted by molar-refractivity contribution is -0.149. The third-order valence-corrected chi connectivity index (χ3v) is 5.79. The molecule has 0 heterocycles. The summed E-state index contributed by atoms with van der Waals surface area (Å²) in [7, 11) is -1.82. The van der Waals surface area contributed by atoms with Crippen LogP contribution in [0.3, 0.4) is 0 Å². The van der Waals surface area contributed by atoms with Crippen molar-refractivity contribution < 1.29 is 17.9 Å². The number of methoxy groups -OCH3 is 1. The van der Waals surface area contributed by atoms with E-state index in [0.717, 1.165) is 31.2 Å². The van der Waals surface area contributed by atoms with E-state index in [2.05, 4.69) is 0 Å². The zero-order chi connectivity index (χ0) is 15.7. The molecule has 1 aliphatic rings. The predicted octanol–water partition coefficient (Wildman–Crippen LogP) is 2.71. The van der Waals surface area contributed by atoms with E-state index >= 15 is 0 Å². The van der Waals surface area contributed by atoms with E-state index in [0.29, 0.717) is 0 Å². The lowest BCUT2D eigenvalue weighted by atomic mass is 9.71. The Labute approximate surface area is 126 Å². The second-order valence-electron chi connectivity index (χ2n) is 5.97. The Bertz CT molecular complexity index is 612. The van der Waals surface area contributed by atoms with Crippen molar-refractivity contribution in [2.75, 3.05) is 13.4 Å². The lowest BCUT2D eigenvalue weighted by Crippen LogP contribution is -2.40. The van der Waals surface area contributed by atoms with Crippen LogP contribution in [0.2, 0.25) is 0 Å². The van der Waals surface area contributed by atoms with Gasteiger partial charge in [-0.15, -0.1) is 0 Å². The summed E-state index contributed by atoms with van der Waals surface area (Å²) in [4.78, 5) is 12.6. The van der Waals surface area contributed by atoms with Crippen LogP contribution in [-0.4, -0.2) is 27.8 Å². The first-order valence-electron chi connectivity index (χ1n) is 7.19. The van der Waals surface area contributed by atoms with Crippen molar-refractivity contribution in [2.45, 2.75) is 42.9 Å². The molecule has 5 heteroatoms. The van der Waals surface area contributed by atoms with Crippen LogP contribution < -0.4 is 0 Å². The third kappa shape index (κ3) is 2.98. The van der Waals surface area contributed by atoms with Gasteiger partial charge in [0.2, 0.25) is 0 Å². The second kappa shape index (κ2) is 5.79. The van der Waals surface area contributed by atoms with Crippen LogP contribution in [-0.2, 0) is 24.8 Å². The molecule has 1 fully saturated rings. The van der Waals surface area contributed by atoms with Gasteiger partial charge in [0.1, 0.15) is 0 Å². The van der Waals surface area contributed by atoms with Gasteiger partial charge in [0, 0.05) is 6.26 Å². The minimum atomic E-state index is -3.23. The number of esters is 1. The highest BCUT2D eigenvalue weighted by atomic mass is 32.2. The molecular formula is C16H22O4S. The van der Waals surface area contributed by atoms with Crippen LogP contribution in [0.4, 0.5) is 0 Å². The smallest absolute Gasteiger partial charge is 0.316 e. The maximum absolute atomic E-state index is 12.4. The molecule has 1 atom stereocenters. The van der Waals surface area contributed by atoms with Gasteiger partial charge in [-0.3, -0.25) is 4.79 Å². The molecule has 0 spiro atoms. The Morgan fingerprint density at radius 1 is 1.19 bits per heavy atom. The number of hydrogen-bond acceptors (Lipinski definition) is 4. The fraction of sp³-hybridized carbons (Fsp3) is 0.562. The van der Waals surface area contributed by atoms with Crippen molar-refractivity contribution in [1.29, 1.82) is 0 Å². The molecule has 21 heavy (non-hydrogen) atoms. The van der Waals surface area contributed by atoms with Crippen LogP contribution in [0.15, 0.2) is 29.2 Å². The zero-order valence-corrected chi connectivity index (χ0v) is 13.6. The average Bonchev–Trinajstić information content (AvgIpc) is 2.99. The van der Waals surface area contributed by atoms with E-state index < -0.39 is 15.3 Å². The summed E-state index contributed by atoms with van der Waals surface area (Å²) in [5, 5.41) is 0. The molecule has 1 aliphatic carbocycles. The fourth-order valence-corrected chi connectivity index (χ4v) is 3.91. The van der Waals surface area contributed by atoms with Crippen molar-refractivity contribution in [3.05, 3.63) is 29.8 Å². The van der Waals surface area contributed by atoms with Crippen molar-refractivity contribution in [2.24, 2.45) is 5.92 Å². The number of ether oxygens (including phenoxy) is 1. The molecule has 0 N–H and O–H groups in total. The Balaban J connectivity index is 2.44. The van der Waals surface area contributed by atoms with Crippen LogP contribution in [0.5, 0.6) is 0 Å². The normalized spacial score (nSPS) is 19.2. The Morgan fingerprint density at radius 2 is 1.71 bits per heavy atom. The van der Waals surface area contributed by atoms with E-state index in [-0.39, 0.29) is 16.8 Å². The van der Waals surface area contributed by atoms with Crippen molar-refractivity contribution >= 4 is 15.8 Å². The van der Waals surface area contributed by atoms with E-state index in [1.807, 2.05) is 6.92 Å². The third-order valence-electron chi connectivity index (χ3n) is 4.66. The maximum Gasteiger partial charge on any atom is 0.316 e. The number of carbonyl (C=O) groups is 1. The molecule has 4 nitrogen and oxygen atoms in total. The van der Waals surface area contributed by atoms with Crippen LogP contribution >= 0.6 is 0 Å². The maximum atomic E-state index is 12.4. The molecule has 0 amide bonds. The van der Waals surface area contributed by atoms with Crippen molar-refractivity contribution in [1.82, 2.24) is 0 Å². The largest absolute Gasteiger partial charge is 0.468 e. The zero-order valence-electron chi connectivity index (χ0n) is 12.8. The molecule has 0 aromatic heterocycles. The summed E-state index contributed by atoms with van der Waals surface area (Å²) in [5.41, 5.74) is 0.120. The SMILES string of the molecule is COC(=O)C(C)(c1ccc(S(C)(=O)=O)cc1)C1CCCC1. The lowest BCUT2D eigenvalue weighted by Gasteiger charge is -2.33. The number of carbonyl (C=O) groups excluding carboxylic acids is 1. The summed E-state index contributed by atoms with van der Waals surface area (Å²) in [6, 6.07) is 6.62. The van der Waals surface area contributed by atoms with Crippen LogP contribution in [0.1, 0.15) is 38.2 Å². The first kappa shape index (κ1) is 16.0. The van der Waals surface area contributed by atoms with Gasteiger partial charge in [0.15, 0.2) is 9.84 Å². The summed E-state index contributed by atoms with van der Waals surface area (Å²) in [5.74, 6) is -0.00413. The van der Waals surface area contributed by atoms with Crippen molar-refractivity contribution in [3.63, 3.8) is 0 Å². The first-order valence-corrected chi connectivity index (χ1v) is 9.08. The first-order chi connectivity index (χ1) is 9.80. The summed E-state index contributed by atoms with van der Waals surface area (Å²) in [6.07, 6.45) is 5.43. The molecule has 116 valence electrons. The van der Waals surface area contributed by atoms with E-state index in [9.17, 15) is 13.2 Å². The molecule has 0 saturated heterocycles. The molecule has 0 radical (unpaired) electrons. The van der Waals surface area contributed by atoms with Crippen molar-refractivity contribution in [3.8, 4) is 0 Å². The van der Waals surface area contributed by atoms with E-state index in [1.165, 1.54) is 13.4 Å². The highest BCUT2D eigenvalue weighted by molar-refractivity contribution is 7.90. The van der Waals surface area contributed by atoms with Crippen LogP contribution in [0, 0.1) is 5.92 Å². The minimum absolute atomic E-state index is 0.244. The van der Waals surface area contributed by atoms with Gasteiger partial charge in [-0.2, -0.15) is 0 Å². The van der Waals surface area contributed by atoms with Gasteiger partial charge in [-0.05, 0) is 43.4 Å². The number of hydrogen-bond donors (Lipinski definition) is 0. The molecule has 1 saturated carbocycles. The van der Waals surface area contributed by atoms with E-state index in [1.54, 1.807) is 24.3 Å². The quantitative estimate of drug-likeness (QED) is 0.802. The average molecular weight is 310 g/mol. The Morgan fingerprint density at radius 3 is 2.14 bits per heavy atom. The monoisotopic (exact) mass is 310 g/mol. The number of sulfone groups is 1. The molecule has 0 bridgehead atoms. The predicted molar refractivity (Wildman–Crippen MR) is 80.9 cm³/mol. The topological polar surface area (TPSA) is 60.4 Å². The van der Waals surface area contributed by atoms with E-state index in [4.69, 9.17) is 4.74 Å². The molecule has 1 unspecified atom stereocenters. The van der Waals surface area contributed by atoms with Gasteiger partial charge in [-0.25, -0.2) is 8.42 Å². The Hall–Kier alpha value is -1.36. The van der Waals surface area contributed by atoms with Gasteiger partial charge in [0.25, 0.3) is 0 Å². The van der Waals surface area contributed by atoms with Crippen LogP contribution in [0.25, 0.3) is 0 Å². The van der Waals surface area contributed by atoms with Gasteiger partial charge < -0.3 is 4.74 Å². The molecule has 1 aromatic carbocycles. The minimum Gasteiger partial charge on any atom is -0.468 e. The fourth-order valence-electron chi connectivity index (χ4n) is 3.28. The summed E-state index contributed by atoms with van der Waals surface area (Å²) < 4.78 is 28.1. The second-order valence-corrected chi connectivity index (χ2v) is 7.99. The highest BCUT2D eigenvalue weighted by Crippen LogP contribution is 2.43. The van der Waals surface area contributed by atoms with Gasteiger partial charge in [-0.1, -0.05) is 25.0 Å². The molecule has 0 aliphatic heterocycles. The Kier molecular flexibility index (Phi) is 4.42. The molecular weight excluding hydrogens is 288 g/mol. The molecule has 1 aromatic rings. The van der Waals surface area contributed by atoms with Gasteiger partial charge in [0.05, 0.1) is 17.4 Å². The number of benzene rings is 1. The highest BCUT2D eigenvalue weighted by Gasteiger charge is 2.44. The standard InChI is InChI=1S/C16H22O4S/c1-16(15(17)20-2,12-6-4-5-7-12)13-8-10-14(11-9-13)21(3,18)19/h8-12H,4-7H2,1-3H3. The number of rotatable bonds is 4. The summed E-state index contributed by atoms with van der Waals surface area (Å²) >= 11 is 0.